The molecule has 128 valence electrons. The molecule has 0 saturated heterocycles. The van der Waals surface area contributed by atoms with Crippen LogP contribution in [0.2, 0.25) is 0 Å². The Labute approximate surface area is 141 Å². The fourth-order valence-corrected chi connectivity index (χ4v) is 3.25. The summed E-state index contributed by atoms with van der Waals surface area (Å²) in [7, 11) is -0.356. The molecule has 0 spiro atoms. The van der Waals surface area contributed by atoms with Gasteiger partial charge in [0.25, 0.3) is 0 Å². The maximum Gasteiger partial charge on any atom is 0.228 e. The van der Waals surface area contributed by atoms with Crippen LogP contribution in [-0.2, 0) is 21.1 Å². The molecule has 0 radical (unpaired) electrons. The first-order valence-corrected chi connectivity index (χ1v) is 9.04. The summed E-state index contributed by atoms with van der Waals surface area (Å²) in [5, 5.41) is 2.73. The molecule has 0 aromatic heterocycles. The number of anilines is 1. The van der Waals surface area contributed by atoms with Crippen LogP contribution in [0.1, 0.15) is 5.56 Å². The minimum atomic E-state index is -3.39. The SMILES string of the molecule is COc1ccc(NC(=O)Cc2ccccc2S(C)(=O)=O)cc1OC. The average molecular weight is 349 g/mol. The van der Waals surface area contributed by atoms with Crippen molar-refractivity contribution in [3.8, 4) is 11.5 Å². The summed E-state index contributed by atoms with van der Waals surface area (Å²) < 4.78 is 33.9. The van der Waals surface area contributed by atoms with E-state index < -0.39 is 9.84 Å². The monoisotopic (exact) mass is 349 g/mol. The highest BCUT2D eigenvalue weighted by atomic mass is 32.2. The van der Waals surface area contributed by atoms with Gasteiger partial charge in [0.1, 0.15) is 0 Å². The topological polar surface area (TPSA) is 81.7 Å². The van der Waals surface area contributed by atoms with Crippen LogP contribution in [0.15, 0.2) is 47.4 Å². The highest BCUT2D eigenvalue weighted by Gasteiger charge is 2.15. The van der Waals surface area contributed by atoms with Gasteiger partial charge in [0.05, 0.1) is 25.5 Å². The molecule has 0 heterocycles. The zero-order chi connectivity index (χ0) is 17.7. The Morgan fingerprint density at radius 3 is 2.33 bits per heavy atom. The number of sulfone groups is 1. The van der Waals surface area contributed by atoms with E-state index in [1.807, 2.05) is 0 Å². The molecule has 0 bridgehead atoms. The maximum absolute atomic E-state index is 12.2. The maximum atomic E-state index is 12.2. The van der Waals surface area contributed by atoms with Crippen molar-refractivity contribution in [2.24, 2.45) is 0 Å². The molecule has 1 amide bonds. The smallest absolute Gasteiger partial charge is 0.228 e. The molecule has 0 fully saturated rings. The molecule has 0 aliphatic rings. The molecular formula is C17H19NO5S. The van der Waals surface area contributed by atoms with Crippen molar-refractivity contribution in [1.29, 1.82) is 0 Å². The lowest BCUT2D eigenvalue weighted by Crippen LogP contribution is -2.16. The number of nitrogens with one attached hydrogen (secondary N) is 1. The van der Waals surface area contributed by atoms with Gasteiger partial charge in [-0.1, -0.05) is 18.2 Å². The van der Waals surface area contributed by atoms with Crippen LogP contribution in [0.5, 0.6) is 11.5 Å². The molecule has 0 aliphatic carbocycles. The number of methoxy groups -OCH3 is 2. The molecule has 1 N–H and O–H groups in total. The molecule has 2 aromatic rings. The van der Waals surface area contributed by atoms with Crippen LogP contribution in [0.25, 0.3) is 0 Å². The van der Waals surface area contributed by atoms with E-state index in [9.17, 15) is 13.2 Å². The number of benzene rings is 2. The highest BCUT2D eigenvalue weighted by molar-refractivity contribution is 7.90. The van der Waals surface area contributed by atoms with Gasteiger partial charge in [0, 0.05) is 18.0 Å². The molecule has 2 rings (SSSR count). The number of carbonyl (C=O) groups excluding carboxylic acids is 1. The Kier molecular flexibility index (Phi) is 5.46. The highest BCUT2D eigenvalue weighted by Crippen LogP contribution is 2.29. The Morgan fingerprint density at radius 1 is 1.04 bits per heavy atom. The van der Waals surface area contributed by atoms with E-state index in [0.717, 1.165) is 6.26 Å². The third kappa shape index (κ3) is 4.26. The van der Waals surface area contributed by atoms with Crippen LogP contribution >= 0.6 is 0 Å². The lowest BCUT2D eigenvalue weighted by atomic mass is 10.1. The van der Waals surface area contributed by atoms with Crippen molar-refractivity contribution in [3.63, 3.8) is 0 Å². The lowest BCUT2D eigenvalue weighted by molar-refractivity contribution is -0.115. The van der Waals surface area contributed by atoms with Gasteiger partial charge in [-0.2, -0.15) is 0 Å². The van der Waals surface area contributed by atoms with Gasteiger partial charge in [0.15, 0.2) is 21.3 Å². The number of hydrogen-bond acceptors (Lipinski definition) is 5. The normalized spacial score (nSPS) is 11.0. The van der Waals surface area contributed by atoms with Crippen LogP contribution in [0.4, 0.5) is 5.69 Å². The number of hydrogen-bond donors (Lipinski definition) is 1. The minimum absolute atomic E-state index is 0.0441. The second-order valence-corrected chi connectivity index (χ2v) is 7.16. The van der Waals surface area contributed by atoms with Gasteiger partial charge >= 0.3 is 0 Å². The largest absolute Gasteiger partial charge is 0.493 e. The quantitative estimate of drug-likeness (QED) is 0.865. The predicted octanol–water partition coefficient (Wildman–Crippen LogP) is 2.29. The third-order valence-electron chi connectivity index (χ3n) is 3.39. The van der Waals surface area contributed by atoms with Crippen molar-refractivity contribution in [1.82, 2.24) is 0 Å². The second-order valence-electron chi connectivity index (χ2n) is 5.17. The zero-order valence-corrected chi connectivity index (χ0v) is 14.5. The number of carbonyl (C=O) groups is 1. The van der Waals surface area contributed by atoms with Crippen LogP contribution in [0, 0.1) is 0 Å². The van der Waals surface area contributed by atoms with Crippen LogP contribution in [-0.4, -0.2) is 34.8 Å². The molecule has 2 aromatic carbocycles. The fourth-order valence-electron chi connectivity index (χ4n) is 2.30. The fraction of sp³-hybridized carbons (Fsp3) is 0.235. The molecule has 6 nitrogen and oxygen atoms in total. The van der Waals surface area contributed by atoms with Gasteiger partial charge in [-0.15, -0.1) is 0 Å². The van der Waals surface area contributed by atoms with Gasteiger partial charge in [-0.05, 0) is 23.8 Å². The summed E-state index contributed by atoms with van der Waals surface area (Å²) in [5.74, 6) is 0.725. The Hall–Kier alpha value is -2.54. The summed E-state index contributed by atoms with van der Waals surface area (Å²) in [5.41, 5.74) is 0.993. The summed E-state index contributed by atoms with van der Waals surface area (Å²) in [6, 6.07) is 11.5. The second kappa shape index (κ2) is 7.35. The van der Waals surface area contributed by atoms with Gasteiger partial charge < -0.3 is 14.8 Å². The van der Waals surface area contributed by atoms with E-state index in [0.29, 0.717) is 22.7 Å². The molecule has 0 saturated carbocycles. The Bertz CT molecular complexity index is 846. The minimum Gasteiger partial charge on any atom is -0.493 e. The van der Waals surface area contributed by atoms with Gasteiger partial charge in [-0.25, -0.2) is 8.42 Å². The summed E-state index contributed by atoms with van der Waals surface area (Å²) in [6.45, 7) is 0. The lowest BCUT2D eigenvalue weighted by Gasteiger charge is -2.11. The molecule has 7 heteroatoms. The van der Waals surface area contributed by atoms with E-state index in [1.54, 1.807) is 36.4 Å². The van der Waals surface area contributed by atoms with Gasteiger partial charge in [-0.3, -0.25) is 4.79 Å². The van der Waals surface area contributed by atoms with Crippen molar-refractivity contribution < 1.29 is 22.7 Å². The number of rotatable bonds is 6. The number of amides is 1. The predicted molar refractivity (Wildman–Crippen MR) is 91.4 cm³/mol. The molecule has 0 unspecified atom stereocenters. The van der Waals surface area contributed by atoms with E-state index in [1.165, 1.54) is 20.3 Å². The molecule has 0 aliphatic heterocycles. The Morgan fingerprint density at radius 2 is 1.71 bits per heavy atom. The Balaban J connectivity index is 2.18. The third-order valence-corrected chi connectivity index (χ3v) is 4.59. The first-order chi connectivity index (χ1) is 11.3. The molecular weight excluding hydrogens is 330 g/mol. The van der Waals surface area contributed by atoms with Crippen LogP contribution < -0.4 is 14.8 Å². The summed E-state index contributed by atoms with van der Waals surface area (Å²) >= 11 is 0. The van der Waals surface area contributed by atoms with E-state index in [4.69, 9.17) is 9.47 Å². The summed E-state index contributed by atoms with van der Waals surface area (Å²) in [6.07, 6.45) is 1.08. The number of ether oxygens (including phenoxy) is 2. The van der Waals surface area contributed by atoms with Crippen molar-refractivity contribution >= 4 is 21.4 Å². The van der Waals surface area contributed by atoms with Crippen LogP contribution in [0.3, 0.4) is 0 Å². The van der Waals surface area contributed by atoms with E-state index in [2.05, 4.69) is 5.32 Å². The molecule has 0 atom stereocenters. The van der Waals surface area contributed by atoms with Crippen molar-refractivity contribution in [3.05, 3.63) is 48.0 Å². The zero-order valence-electron chi connectivity index (χ0n) is 13.7. The first-order valence-electron chi connectivity index (χ1n) is 7.15. The van der Waals surface area contributed by atoms with Crippen molar-refractivity contribution in [2.75, 3.05) is 25.8 Å². The van der Waals surface area contributed by atoms with E-state index >= 15 is 0 Å². The van der Waals surface area contributed by atoms with Gasteiger partial charge in [0.2, 0.25) is 5.91 Å². The molecule has 24 heavy (non-hydrogen) atoms. The van der Waals surface area contributed by atoms with Crippen molar-refractivity contribution in [2.45, 2.75) is 11.3 Å². The average Bonchev–Trinajstić information content (AvgIpc) is 2.54. The summed E-state index contributed by atoms with van der Waals surface area (Å²) in [4.78, 5) is 12.4. The van der Waals surface area contributed by atoms with E-state index in [-0.39, 0.29) is 17.2 Å². The first kappa shape index (κ1) is 17.8. The standard InChI is InChI=1S/C17H19NO5S/c1-22-14-9-8-13(11-15(14)23-2)18-17(19)10-12-6-4-5-7-16(12)24(3,20)21/h4-9,11H,10H2,1-3H3,(H,18,19).